The van der Waals surface area contributed by atoms with Gasteiger partial charge in [0, 0.05) is 6.54 Å². The lowest BCUT2D eigenvalue weighted by Crippen LogP contribution is -2.34. The number of hydrogen-bond donors (Lipinski definition) is 3. The lowest BCUT2D eigenvalue weighted by molar-refractivity contribution is -0.115. The van der Waals surface area contributed by atoms with E-state index in [4.69, 9.17) is 11.0 Å². The van der Waals surface area contributed by atoms with Gasteiger partial charge >= 0.3 is 5.69 Å². The molecule has 0 atom stereocenters. The summed E-state index contributed by atoms with van der Waals surface area (Å²) in [6.07, 6.45) is 0.996. The molecule has 0 fully saturated rings. The Morgan fingerprint density at radius 1 is 1.61 bits per heavy atom. The third-order valence-electron chi connectivity index (χ3n) is 2.06. The Labute approximate surface area is 101 Å². The highest BCUT2D eigenvalue weighted by molar-refractivity contribution is 5.94. The van der Waals surface area contributed by atoms with Crippen molar-refractivity contribution >= 4 is 17.4 Å². The molecule has 8 heteroatoms. The lowest BCUT2D eigenvalue weighted by Gasteiger charge is -2.10. The monoisotopic (exact) mass is 249 g/mol. The number of amides is 1. The SMILES string of the molecule is C=CCn1c(N)c(NC(=O)CC#N)c(=O)[nH]c1=O. The first-order chi connectivity index (χ1) is 8.51. The molecule has 0 aromatic carbocycles. The molecule has 1 rings (SSSR count). The van der Waals surface area contributed by atoms with Crippen LogP contribution in [0.25, 0.3) is 0 Å². The molecule has 0 saturated heterocycles. The van der Waals surface area contributed by atoms with Crippen LogP contribution in [0.15, 0.2) is 22.2 Å². The van der Waals surface area contributed by atoms with Gasteiger partial charge in [0.05, 0.1) is 6.07 Å². The molecule has 0 saturated carbocycles. The van der Waals surface area contributed by atoms with Crippen LogP contribution in [0.1, 0.15) is 6.42 Å². The smallest absolute Gasteiger partial charge is 0.330 e. The van der Waals surface area contributed by atoms with Crippen LogP contribution in [0.5, 0.6) is 0 Å². The van der Waals surface area contributed by atoms with Crippen molar-refractivity contribution < 1.29 is 4.79 Å². The van der Waals surface area contributed by atoms with Gasteiger partial charge < -0.3 is 11.1 Å². The molecule has 1 amide bonds. The summed E-state index contributed by atoms with van der Waals surface area (Å²) in [5, 5.41) is 10.5. The van der Waals surface area contributed by atoms with Crippen LogP contribution in [0.3, 0.4) is 0 Å². The topological polar surface area (TPSA) is 134 Å². The zero-order chi connectivity index (χ0) is 13.7. The van der Waals surface area contributed by atoms with E-state index >= 15 is 0 Å². The summed E-state index contributed by atoms with van der Waals surface area (Å²) in [6, 6.07) is 1.63. The van der Waals surface area contributed by atoms with Crippen molar-refractivity contribution in [2.24, 2.45) is 0 Å². The molecule has 0 radical (unpaired) electrons. The second kappa shape index (κ2) is 5.49. The highest BCUT2D eigenvalue weighted by Crippen LogP contribution is 2.10. The van der Waals surface area contributed by atoms with E-state index in [1.807, 2.05) is 4.98 Å². The number of H-pyrrole nitrogens is 1. The van der Waals surface area contributed by atoms with E-state index in [2.05, 4.69) is 11.9 Å². The Hall–Kier alpha value is -2.82. The van der Waals surface area contributed by atoms with Crippen molar-refractivity contribution in [2.75, 3.05) is 11.1 Å². The number of nitrogens with one attached hydrogen (secondary N) is 2. The highest BCUT2D eigenvalue weighted by atomic mass is 16.2. The van der Waals surface area contributed by atoms with Crippen LogP contribution in [0.2, 0.25) is 0 Å². The Bertz CT molecular complexity index is 634. The van der Waals surface area contributed by atoms with E-state index in [0.29, 0.717) is 0 Å². The lowest BCUT2D eigenvalue weighted by atomic mass is 10.4. The van der Waals surface area contributed by atoms with Crippen molar-refractivity contribution in [1.82, 2.24) is 9.55 Å². The quantitative estimate of drug-likeness (QED) is 0.598. The first kappa shape index (κ1) is 13.2. The number of rotatable bonds is 4. The number of aromatic nitrogens is 2. The van der Waals surface area contributed by atoms with Gasteiger partial charge in [-0.25, -0.2) is 4.79 Å². The summed E-state index contributed by atoms with van der Waals surface area (Å²) in [6.45, 7) is 3.53. The number of nitrogen functional groups attached to an aromatic ring is 1. The van der Waals surface area contributed by atoms with Crippen molar-refractivity contribution in [3.63, 3.8) is 0 Å². The molecule has 4 N–H and O–H groups in total. The van der Waals surface area contributed by atoms with Gasteiger partial charge in [-0.05, 0) is 0 Å². The Balaban J connectivity index is 3.28. The zero-order valence-electron chi connectivity index (χ0n) is 9.40. The maximum absolute atomic E-state index is 11.5. The van der Waals surface area contributed by atoms with Crippen LogP contribution in [-0.4, -0.2) is 15.5 Å². The number of carbonyl (C=O) groups is 1. The first-order valence-electron chi connectivity index (χ1n) is 4.91. The predicted molar refractivity (Wildman–Crippen MR) is 64.8 cm³/mol. The van der Waals surface area contributed by atoms with Crippen molar-refractivity contribution in [1.29, 1.82) is 5.26 Å². The molecular formula is C10H11N5O3. The van der Waals surface area contributed by atoms with Gasteiger partial charge in [-0.3, -0.25) is 19.1 Å². The normalized spacial score (nSPS) is 9.50. The fourth-order valence-electron chi connectivity index (χ4n) is 1.27. The highest BCUT2D eigenvalue weighted by Gasteiger charge is 2.13. The molecule has 0 aliphatic rings. The average Bonchev–Trinajstić information content (AvgIpc) is 2.30. The summed E-state index contributed by atoms with van der Waals surface area (Å²) >= 11 is 0. The average molecular weight is 249 g/mol. The summed E-state index contributed by atoms with van der Waals surface area (Å²) in [4.78, 5) is 36.1. The minimum Gasteiger partial charge on any atom is -0.383 e. The number of nitrogens with zero attached hydrogens (tertiary/aromatic N) is 2. The number of allylic oxidation sites excluding steroid dienone is 1. The van der Waals surface area contributed by atoms with E-state index < -0.39 is 23.6 Å². The molecule has 0 unspecified atom stereocenters. The Morgan fingerprint density at radius 2 is 2.28 bits per heavy atom. The van der Waals surface area contributed by atoms with E-state index in [1.54, 1.807) is 6.07 Å². The summed E-state index contributed by atoms with van der Waals surface area (Å²) in [5.74, 6) is -0.867. The largest absolute Gasteiger partial charge is 0.383 e. The van der Waals surface area contributed by atoms with Gasteiger partial charge in [-0.15, -0.1) is 6.58 Å². The number of hydrogen-bond acceptors (Lipinski definition) is 5. The molecule has 1 aromatic rings. The number of anilines is 2. The standard InChI is InChI=1S/C10H11N5O3/c1-2-5-15-8(12)7(9(17)14-10(15)18)13-6(16)3-4-11/h2H,1,3,5,12H2,(H,13,16)(H,14,17,18). The maximum Gasteiger partial charge on any atom is 0.330 e. The van der Waals surface area contributed by atoms with Gasteiger partial charge in [0.15, 0.2) is 0 Å². The number of aromatic amines is 1. The summed E-state index contributed by atoms with van der Waals surface area (Å²) in [7, 11) is 0. The van der Waals surface area contributed by atoms with Crippen molar-refractivity contribution in [2.45, 2.75) is 13.0 Å². The molecule has 0 spiro atoms. The van der Waals surface area contributed by atoms with Crippen LogP contribution in [-0.2, 0) is 11.3 Å². The second-order valence-electron chi connectivity index (χ2n) is 3.30. The van der Waals surface area contributed by atoms with Crippen molar-refractivity contribution in [3.05, 3.63) is 33.5 Å². The molecule has 94 valence electrons. The Kier molecular flexibility index (Phi) is 4.04. The maximum atomic E-state index is 11.5. The summed E-state index contributed by atoms with van der Waals surface area (Å²) in [5.41, 5.74) is 3.85. The molecule has 8 nitrogen and oxygen atoms in total. The third kappa shape index (κ3) is 2.65. The predicted octanol–water partition coefficient (Wildman–Crippen LogP) is -0.843. The molecule has 0 bridgehead atoms. The number of carbonyl (C=O) groups excluding carboxylic acids is 1. The van der Waals surface area contributed by atoms with Crippen molar-refractivity contribution in [3.8, 4) is 6.07 Å². The van der Waals surface area contributed by atoms with Crippen LogP contribution in [0.4, 0.5) is 11.5 Å². The molecule has 18 heavy (non-hydrogen) atoms. The fourth-order valence-corrected chi connectivity index (χ4v) is 1.27. The van der Waals surface area contributed by atoms with E-state index in [9.17, 15) is 14.4 Å². The second-order valence-corrected chi connectivity index (χ2v) is 3.30. The van der Waals surface area contributed by atoms with Gasteiger partial charge in [0.25, 0.3) is 5.56 Å². The molecule has 1 aromatic heterocycles. The fraction of sp³-hybridized carbons (Fsp3) is 0.200. The Morgan fingerprint density at radius 3 is 2.83 bits per heavy atom. The molecule has 0 aliphatic heterocycles. The minimum atomic E-state index is -0.816. The zero-order valence-corrected chi connectivity index (χ0v) is 9.40. The van der Waals surface area contributed by atoms with E-state index in [1.165, 1.54) is 6.08 Å². The van der Waals surface area contributed by atoms with Gasteiger partial charge in [-0.1, -0.05) is 6.08 Å². The number of nitriles is 1. The van der Waals surface area contributed by atoms with E-state index in [-0.39, 0.29) is 18.1 Å². The number of nitrogens with two attached hydrogens (primary N) is 1. The molecular weight excluding hydrogens is 238 g/mol. The van der Waals surface area contributed by atoms with Crippen LogP contribution in [0, 0.1) is 11.3 Å². The molecule has 0 aliphatic carbocycles. The molecule has 1 heterocycles. The van der Waals surface area contributed by atoms with E-state index in [0.717, 1.165) is 4.57 Å². The minimum absolute atomic E-state index is 0.0859. The first-order valence-corrected chi connectivity index (χ1v) is 4.91. The summed E-state index contributed by atoms with van der Waals surface area (Å²) < 4.78 is 1.04. The third-order valence-corrected chi connectivity index (χ3v) is 2.06. The van der Waals surface area contributed by atoms with Crippen LogP contribution >= 0.6 is 0 Å². The van der Waals surface area contributed by atoms with Gasteiger partial charge in [0.1, 0.15) is 17.9 Å². The van der Waals surface area contributed by atoms with Gasteiger partial charge in [-0.2, -0.15) is 5.26 Å². The van der Waals surface area contributed by atoms with Crippen LogP contribution < -0.4 is 22.3 Å². The van der Waals surface area contributed by atoms with Gasteiger partial charge in [0.2, 0.25) is 5.91 Å².